The first-order chi connectivity index (χ1) is 13.4. The zero-order chi connectivity index (χ0) is 20.3. The van der Waals surface area contributed by atoms with Gasteiger partial charge in [0.2, 0.25) is 11.8 Å². The van der Waals surface area contributed by atoms with Crippen LogP contribution in [-0.4, -0.2) is 49.4 Å². The Bertz CT molecular complexity index is 876. The third-order valence-corrected chi connectivity index (χ3v) is 5.34. The lowest BCUT2D eigenvalue weighted by molar-refractivity contribution is -0.131. The molecule has 148 valence electrons. The molecule has 2 aromatic rings. The van der Waals surface area contributed by atoms with Gasteiger partial charge in [-0.1, -0.05) is 18.2 Å². The minimum atomic E-state index is -0.432. The molecule has 2 aromatic carbocycles. The smallest absolute Gasteiger partial charge is 0.242 e. The van der Waals surface area contributed by atoms with Gasteiger partial charge < -0.3 is 14.7 Å². The van der Waals surface area contributed by atoms with E-state index in [0.717, 1.165) is 13.1 Å². The summed E-state index contributed by atoms with van der Waals surface area (Å²) in [4.78, 5) is 30.1. The maximum atomic E-state index is 13.5. The summed E-state index contributed by atoms with van der Waals surface area (Å²) in [7, 11) is 0. The maximum absolute atomic E-state index is 13.5. The maximum Gasteiger partial charge on any atom is 0.242 e. The lowest BCUT2D eigenvalue weighted by Gasteiger charge is -2.37. The van der Waals surface area contributed by atoms with Gasteiger partial charge in [0.1, 0.15) is 12.4 Å². The minimum Gasteiger partial charge on any atom is -0.368 e. The molecule has 6 heteroatoms. The summed E-state index contributed by atoms with van der Waals surface area (Å²) in [5, 5.41) is 0. The van der Waals surface area contributed by atoms with Gasteiger partial charge >= 0.3 is 0 Å². The number of carbonyl (C=O) groups excluding carboxylic acids is 2. The summed E-state index contributed by atoms with van der Waals surface area (Å²) in [5.41, 5.74) is 4.12. The normalized spacial score (nSPS) is 14.1. The third kappa shape index (κ3) is 4.32. The Morgan fingerprint density at radius 2 is 1.71 bits per heavy atom. The highest BCUT2D eigenvalue weighted by atomic mass is 19.1. The molecule has 0 N–H and O–H groups in total. The molecule has 0 bridgehead atoms. The molecular formula is C22H26FN3O2. The van der Waals surface area contributed by atoms with Gasteiger partial charge in [0, 0.05) is 44.5 Å². The average Bonchev–Trinajstić information content (AvgIpc) is 2.68. The number of aryl methyl sites for hydroxylation is 1. The number of carbonyl (C=O) groups is 2. The molecule has 28 heavy (non-hydrogen) atoms. The van der Waals surface area contributed by atoms with E-state index in [9.17, 15) is 14.0 Å². The van der Waals surface area contributed by atoms with E-state index in [0.29, 0.717) is 18.8 Å². The molecule has 0 saturated carbocycles. The second-order valence-corrected chi connectivity index (χ2v) is 7.17. The molecule has 0 atom stereocenters. The van der Waals surface area contributed by atoms with E-state index in [4.69, 9.17) is 0 Å². The van der Waals surface area contributed by atoms with Crippen LogP contribution >= 0.6 is 0 Å². The van der Waals surface area contributed by atoms with Crippen molar-refractivity contribution in [3.8, 4) is 0 Å². The van der Waals surface area contributed by atoms with Crippen LogP contribution < -0.4 is 9.80 Å². The van der Waals surface area contributed by atoms with Crippen molar-refractivity contribution in [1.29, 1.82) is 0 Å². The molecule has 5 nitrogen and oxygen atoms in total. The minimum absolute atomic E-state index is 0.0811. The second kappa shape index (κ2) is 8.42. The molecular weight excluding hydrogens is 357 g/mol. The highest BCUT2D eigenvalue weighted by molar-refractivity contribution is 5.97. The number of hydrogen-bond donors (Lipinski definition) is 0. The van der Waals surface area contributed by atoms with Gasteiger partial charge in [-0.2, -0.15) is 0 Å². The molecule has 1 aliphatic heterocycles. The summed E-state index contributed by atoms with van der Waals surface area (Å²) in [6.45, 7) is 8.21. The van der Waals surface area contributed by atoms with Crippen LogP contribution in [0, 0.1) is 19.7 Å². The fraction of sp³-hybridized carbons (Fsp3) is 0.364. The summed E-state index contributed by atoms with van der Waals surface area (Å²) in [6.07, 6.45) is 0. The summed E-state index contributed by atoms with van der Waals surface area (Å²) >= 11 is 0. The highest BCUT2D eigenvalue weighted by Crippen LogP contribution is 2.24. The molecule has 3 rings (SSSR count). The van der Waals surface area contributed by atoms with Crippen LogP contribution in [0.5, 0.6) is 0 Å². The van der Waals surface area contributed by atoms with Gasteiger partial charge in [-0.25, -0.2) is 4.39 Å². The number of rotatable bonds is 4. The first-order valence-corrected chi connectivity index (χ1v) is 9.49. The molecule has 0 radical (unpaired) electrons. The molecule has 1 saturated heterocycles. The lowest BCUT2D eigenvalue weighted by Crippen LogP contribution is -2.52. The Morgan fingerprint density at radius 1 is 1.04 bits per heavy atom. The predicted octanol–water partition coefficient (Wildman–Crippen LogP) is 3.14. The number of amides is 2. The third-order valence-electron chi connectivity index (χ3n) is 5.34. The molecule has 1 heterocycles. The van der Waals surface area contributed by atoms with Crippen molar-refractivity contribution in [2.75, 3.05) is 42.5 Å². The average molecular weight is 383 g/mol. The number of hydrogen-bond acceptors (Lipinski definition) is 3. The van der Waals surface area contributed by atoms with Gasteiger partial charge in [-0.15, -0.1) is 0 Å². The zero-order valence-corrected chi connectivity index (χ0v) is 16.6. The van der Waals surface area contributed by atoms with E-state index in [1.54, 1.807) is 11.0 Å². The van der Waals surface area contributed by atoms with Gasteiger partial charge in [0.15, 0.2) is 0 Å². The van der Waals surface area contributed by atoms with E-state index in [-0.39, 0.29) is 18.4 Å². The molecule has 0 aliphatic carbocycles. The Morgan fingerprint density at radius 3 is 2.36 bits per heavy atom. The van der Waals surface area contributed by atoms with Crippen molar-refractivity contribution in [2.24, 2.45) is 0 Å². The van der Waals surface area contributed by atoms with Crippen LogP contribution in [0.25, 0.3) is 0 Å². The molecule has 0 aromatic heterocycles. The van der Waals surface area contributed by atoms with Gasteiger partial charge in [0.05, 0.1) is 0 Å². The first-order valence-electron chi connectivity index (χ1n) is 9.49. The second-order valence-electron chi connectivity index (χ2n) is 7.17. The molecule has 0 spiro atoms. The summed E-state index contributed by atoms with van der Waals surface area (Å²) < 4.78 is 13.5. The zero-order valence-electron chi connectivity index (χ0n) is 16.6. The Labute approximate surface area is 165 Å². The number of halogens is 1. The van der Waals surface area contributed by atoms with Crippen molar-refractivity contribution in [1.82, 2.24) is 4.90 Å². The summed E-state index contributed by atoms with van der Waals surface area (Å²) in [5.74, 6) is -0.841. The number of piperazine rings is 1. The van der Waals surface area contributed by atoms with Gasteiger partial charge in [0.25, 0.3) is 0 Å². The van der Waals surface area contributed by atoms with E-state index >= 15 is 0 Å². The lowest BCUT2D eigenvalue weighted by atomic mass is 10.1. The van der Waals surface area contributed by atoms with Crippen molar-refractivity contribution < 1.29 is 14.0 Å². The molecule has 0 unspecified atom stereocenters. The van der Waals surface area contributed by atoms with Gasteiger partial charge in [-0.05, 0) is 49.2 Å². The molecule has 1 fully saturated rings. The van der Waals surface area contributed by atoms with Crippen molar-refractivity contribution >= 4 is 23.2 Å². The largest absolute Gasteiger partial charge is 0.368 e. The van der Waals surface area contributed by atoms with Crippen molar-refractivity contribution in [2.45, 2.75) is 20.8 Å². The SMILES string of the molecule is CC(=O)N(CC(=O)N1CCN(c2cccc(C)c2C)CC1)c1cccc(F)c1. The number of anilines is 2. The quantitative estimate of drug-likeness (QED) is 0.815. The highest BCUT2D eigenvalue weighted by Gasteiger charge is 2.25. The van der Waals surface area contributed by atoms with Crippen LogP contribution in [0.2, 0.25) is 0 Å². The van der Waals surface area contributed by atoms with Crippen LogP contribution in [0.15, 0.2) is 42.5 Å². The monoisotopic (exact) mass is 383 g/mol. The fourth-order valence-corrected chi connectivity index (χ4v) is 3.54. The predicted molar refractivity (Wildman–Crippen MR) is 109 cm³/mol. The van der Waals surface area contributed by atoms with Crippen LogP contribution in [0.3, 0.4) is 0 Å². The number of benzene rings is 2. The fourth-order valence-electron chi connectivity index (χ4n) is 3.54. The van der Waals surface area contributed by atoms with Crippen molar-refractivity contribution in [3.05, 3.63) is 59.4 Å². The van der Waals surface area contributed by atoms with Crippen molar-refractivity contribution in [3.63, 3.8) is 0 Å². The Hall–Kier alpha value is -2.89. The van der Waals surface area contributed by atoms with E-state index in [2.05, 4.69) is 36.9 Å². The van der Waals surface area contributed by atoms with E-state index in [1.807, 2.05) is 0 Å². The van der Waals surface area contributed by atoms with Crippen LogP contribution in [0.1, 0.15) is 18.1 Å². The molecule has 2 amide bonds. The first kappa shape index (κ1) is 19.9. The van der Waals surface area contributed by atoms with E-state index < -0.39 is 5.82 Å². The topological polar surface area (TPSA) is 43.9 Å². The van der Waals surface area contributed by atoms with Crippen LogP contribution in [0.4, 0.5) is 15.8 Å². The molecule has 1 aliphatic rings. The Kier molecular flexibility index (Phi) is 5.97. The number of nitrogens with zero attached hydrogens (tertiary/aromatic N) is 3. The Balaban J connectivity index is 1.64. The standard InChI is InChI=1S/C22H26FN3O2/c1-16-6-4-9-21(17(16)2)24-10-12-25(13-11-24)22(28)15-26(18(3)27)20-8-5-7-19(23)14-20/h4-9,14H,10-13,15H2,1-3H3. The van der Waals surface area contributed by atoms with Crippen LogP contribution in [-0.2, 0) is 9.59 Å². The van der Waals surface area contributed by atoms with Gasteiger partial charge in [-0.3, -0.25) is 9.59 Å². The summed E-state index contributed by atoms with van der Waals surface area (Å²) in [6, 6.07) is 12.0. The van der Waals surface area contributed by atoms with E-state index in [1.165, 1.54) is 46.8 Å².